The highest BCUT2D eigenvalue weighted by Crippen LogP contribution is 2.36. The number of nitrogens with zero attached hydrogens (tertiary/aromatic N) is 2. The minimum atomic E-state index is 0.0738. The van der Waals surface area contributed by atoms with Crippen LogP contribution >= 0.6 is 0 Å². The van der Waals surface area contributed by atoms with Crippen molar-refractivity contribution >= 4 is 16.7 Å². The van der Waals surface area contributed by atoms with Gasteiger partial charge in [0.05, 0.1) is 11.7 Å². The molecule has 4 nitrogen and oxygen atoms in total. The fourth-order valence-corrected chi connectivity index (χ4v) is 4.06. The number of ketones is 1. The van der Waals surface area contributed by atoms with Crippen LogP contribution in [0, 0.1) is 6.92 Å². The largest absolute Gasteiger partial charge is 0.356 e. The second-order valence-corrected chi connectivity index (χ2v) is 6.99. The first-order valence-electron chi connectivity index (χ1n) is 8.83. The van der Waals surface area contributed by atoms with Gasteiger partial charge in [-0.3, -0.25) is 4.79 Å². The molecule has 1 aromatic carbocycles. The van der Waals surface area contributed by atoms with Crippen LogP contribution in [0.2, 0.25) is 0 Å². The van der Waals surface area contributed by atoms with Gasteiger partial charge >= 0.3 is 0 Å². The molecule has 0 radical (unpaired) electrons. The third kappa shape index (κ3) is 2.80. The maximum atomic E-state index is 11.5. The molecule has 2 fully saturated rings. The van der Waals surface area contributed by atoms with Gasteiger partial charge in [-0.15, -0.1) is 0 Å². The lowest BCUT2D eigenvalue weighted by atomic mass is 9.81. The number of rotatable bonds is 2. The van der Waals surface area contributed by atoms with E-state index < -0.39 is 0 Å². The molecule has 2 aliphatic rings. The summed E-state index contributed by atoms with van der Waals surface area (Å²) in [4.78, 5) is 11.5. The first-order valence-corrected chi connectivity index (χ1v) is 8.83. The van der Waals surface area contributed by atoms with E-state index in [-0.39, 0.29) is 6.23 Å². The van der Waals surface area contributed by atoms with Crippen LogP contribution in [0.4, 0.5) is 0 Å². The van der Waals surface area contributed by atoms with E-state index in [4.69, 9.17) is 4.74 Å². The Morgan fingerprint density at radius 3 is 2.74 bits per heavy atom. The van der Waals surface area contributed by atoms with Gasteiger partial charge in [-0.2, -0.15) is 5.10 Å². The van der Waals surface area contributed by atoms with Gasteiger partial charge < -0.3 is 4.74 Å². The van der Waals surface area contributed by atoms with Gasteiger partial charge in [0, 0.05) is 24.8 Å². The minimum Gasteiger partial charge on any atom is -0.356 e. The predicted octanol–water partition coefficient (Wildman–Crippen LogP) is 4.27. The summed E-state index contributed by atoms with van der Waals surface area (Å²) in [7, 11) is 0. The van der Waals surface area contributed by atoms with E-state index in [2.05, 4.69) is 28.8 Å². The molecule has 1 atom stereocenters. The van der Waals surface area contributed by atoms with Gasteiger partial charge in [-0.1, -0.05) is 0 Å². The molecule has 4 rings (SSSR count). The molecule has 1 saturated heterocycles. The summed E-state index contributed by atoms with van der Waals surface area (Å²) in [6.45, 7) is 3.01. The van der Waals surface area contributed by atoms with Gasteiger partial charge in [0.1, 0.15) is 5.78 Å². The Labute approximate surface area is 136 Å². The second-order valence-electron chi connectivity index (χ2n) is 6.99. The molecular formula is C19H24N2O2. The van der Waals surface area contributed by atoms with Crippen molar-refractivity contribution in [3.05, 3.63) is 29.5 Å². The van der Waals surface area contributed by atoms with Crippen LogP contribution in [-0.4, -0.2) is 22.2 Å². The predicted molar refractivity (Wildman–Crippen MR) is 89.5 cm³/mol. The molecule has 122 valence electrons. The number of aryl methyl sites for hydroxylation is 1. The average molecular weight is 312 g/mol. The minimum absolute atomic E-state index is 0.0738. The Hall–Kier alpha value is -1.68. The SMILES string of the molecule is Cc1cc2cnn(C3CCCCO3)c2cc1C1CCC(=O)CC1. The van der Waals surface area contributed by atoms with Gasteiger partial charge in [-0.05, 0) is 68.2 Å². The Bertz CT molecular complexity index is 718. The van der Waals surface area contributed by atoms with Crippen molar-refractivity contribution in [2.75, 3.05) is 6.61 Å². The van der Waals surface area contributed by atoms with Crippen LogP contribution in [-0.2, 0) is 9.53 Å². The van der Waals surface area contributed by atoms with Crippen LogP contribution in [0.25, 0.3) is 10.9 Å². The van der Waals surface area contributed by atoms with Crippen molar-refractivity contribution in [3.8, 4) is 0 Å². The molecule has 1 aliphatic carbocycles. The average Bonchev–Trinajstić information content (AvgIpc) is 2.98. The molecule has 1 aliphatic heterocycles. The number of benzene rings is 1. The van der Waals surface area contributed by atoms with Crippen molar-refractivity contribution in [2.24, 2.45) is 0 Å². The zero-order chi connectivity index (χ0) is 15.8. The van der Waals surface area contributed by atoms with E-state index in [0.717, 1.165) is 45.1 Å². The fourth-order valence-electron chi connectivity index (χ4n) is 4.06. The quantitative estimate of drug-likeness (QED) is 0.831. The second kappa shape index (κ2) is 6.08. The summed E-state index contributed by atoms with van der Waals surface area (Å²) in [5, 5.41) is 5.78. The van der Waals surface area contributed by atoms with E-state index in [1.165, 1.54) is 28.5 Å². The molecule has 0 spiro atoms. The molecule has 1 unspecified atom stereocenters. The number of hydrogen-bond donors (Lipinski definition) is 0. The van der Waals surface area contributed by atoms with Crippen LogP contribution in [0.1, 0.15) is 68.2 Å². The third-order valence-electron chi connectivity index (χ3n) is 5.39. The topological polar surface area (TPSA) is 44.1 Å². The summed E-state index contributed by atoms with van der Waals surface area (Å²) in [5.41, 5.74) is 3.89. The van der Waals surface area contributed by atoms with E-state index >= 15 is 0 Å². The summed E-state index contributed by atoms with van der Waals surface area (Å²) in [5.74, 6) is 0.924. The van der Waals surface area contributed by atoms with Crippen LogP contribution in [0.3, 0.4) is 0 Å². The smallest absolute Gasteiger partial charge is 0.150 e. The number of fused-ring (bicyclic) bond motifs is 1. The van der Waals surface area contributed by atoms with Crippen LogP contribution < -0.4 is 0 Å². The highest BCUT2D eigenvalue weighted by atomic mass is 16.5. The number of carbonyl (C=O) groups excluding carboxylic acids is 1. The molecule has 1 saturated carbocycles. The van der Waals surface area contributed by atoms with Crippen molar-refractivity contribution in [1.82, 2.24) is 9.78 Å². The molecular weight excluding hydrogens is 288 g/mol. The standard InChI is InChI=1S/C19H24N2O2/c1-13-10-15-12-20-21(19-4-2-3-9-23-19)18(15)11-17(13)14-5-7-16(22)8-6-14/h10-12,14,19H,2-9H2,1H3. The van der Waals surface area contributed by atoms with E-state index in [1.807, 2.05) is 6.20 Å². The number of aromatic nitrogens is 2. The molecule has 4 heteroatoms. The first kappa shape index (κ1) is 14.9. The molecule has 23 heavy (non-hydrogen) atoms. The fraction of sp³-hybridized carbons (Fsp3) is 0.579. The Balaban J connectivity index is 1.71. The van der Waals surface area contributed by atoms with Crippen LogP contribution in [0.15, 0.2) is 18.3 Å². The zero-order valence-corrected chi connectivity index (χ0v) is 13.8. The van der Waals surface area contributed by atoms with Crippen molar-refractivity contribution < 1.29 is 9.53 Å². The van der Waals surface area contributed by atoms with E-state index in [0.29, 0.717) is 11.7 Å². The monoisotopic (exact) mass is 312 g/mol. The van der Waals surface area contributed by atoms with Gasteiger partial charge in [0.25, 0.3) is 0 Å². The van der Waals surface area contributed by atoms with Crippen molar-refractivity contribution in [2.45, 2.75) is 64.0 Å². The molecule has 0 bridgehead atoms. The van der Waals surface area contributed by atoms with E-state index in [9.17, 15) is 4.79 Å². The molecule has 2 heterocycles. The molecule has 0 N–H and O–H groups in total. The molecule has 1 aromatic heterocycles. The molecule has 0 amide bonds. The normalized spacial score (nSPS) is 23.5. The summed E-state index contributed by atoms with van der Waals surface area (Å²) >= 11 is 0. The first-order chi connectivity index (χ1) is 11.2. The Morgan fingerprint density at radius 2 is 2.00 bits per heavy atom. The Kier molecular flexibility index (Phi) is 3.93. The maximum Gasteiger partial charge on any atom is 0.150 e. The lowest BCUT2D eigenvalue weighted by molar-refractivity contribution is -0.120. The van der Waals surface area contributed by atoms with Crippen molar-refractivity contribution in [3.63, 3.8) is 0 Å². The summed E-state index contributed by atoms with van der Waals surface area (Å²) < 4.78 is 7.98. The van der Waals surface area contributed by atoms with E-state index in [1.54, 1.807) is 0 Å². The lowest BCUT2D eigenvalue weighted by Crippen LogP contribution is -2.19. The lowest BCUT2D eigenvalue weighted by Gasteiger charge is -2.25. The highest BCUT2D eigenvalue weighted by molar-refractivity contribution is 5.82. The zero-order valence-electron chi connectivity index (χ0n) is 13.8. The number of carbonyl (C=O) groups is 1. The third-order valence-corrected chi connectivity index (χ3v) is 5.39. The number of Topliss-reactive ketones (excluding diaryl/α,β-unsaturated/α-hetero) is 1. The van der Waals surface area contributed by atoms with Crippen molar-refractivity contribution in [1.29, 1.82) is 0 Å². The number of ether oxygens (including phenoxy) is 1. The summed E-state index contributed by atoms with van der Waals surface area (Å²) in [6, 6.07) is 4.55. The van der Waals surface area contributed by atoms with Crippen LogP contribution in [0.5, 0.6) is 0 Å². The maximum absolute atomic E-state index is 11.5. The highest BCUT2D eigenvalue weighted by Gasteiger charge is 2.24. The van der Waals surface area contributed by atoms with Gasteiger partial charge in [0.2, 0.25) is 0 Å². The summed E-state index contributed by atoms with van der Waals surface area (Å²) in [6.07, 6.45) is 8.85. The van der Waals surface area contributed by atoms with Gasteiger partial charge in [0.15, 0.2) is 6.23 Å². The Morgan fingerprint density at radius 1 is 1.17 bits per heavy atom. The number of hydrogen-bond acceptors (Lipinski definition) is 3. The van der Waals surface area contributed by atoms with Gasteiger partial charge in [-0.25, -0.2) is 4.68 Å². The molecule has 2 aromatic rings.